The number of nitrogens with one attached hydrogen (secondary N) is 1. The molecule has 0 heterocycles. The van der Waals surface area contributed by atoms with Gasteiger partial charge in [-0.2, -0.15) is 0 Å². The molecular formula is C12H14BrCl2N. The van der Waals surface area contributed by atoms with E-state index in [0.717, 1.165) is 10.2 Å². The van der Waals surface area contributed by atoms with Crippen LogP contribution in [0.25, 0.3) is 0 Å². The standard InChI is InChI=1S/C12H14BrCl2N/c13-8-6-10(14)12(11(15)7-8)16-9-4-2-1-3-5-9/h6-7,9,16H,1-5H2. The van der Waals surface area contributed by atoms with Crippen molar-refractivity contribution in [3.63, 3.8) is 0 Å². The fourth-order valence-electron chi connectivity index (χ4n) is 2.13. The second-order valence-electron chi connectivity index (χ2n) is 4.22. The monoisotopic (exact) mass is 321 g/mol. The molecule has 1 aromatic carbocycles. The molecule has 1 fully saturated rings. The highest BCUT2D eigenvalue weighted by atomic mass is 79.9. The van der Waals surface area contributed by atoms with E-state index in [-0.39, 0.29) is 0 Å². The Morgan fingerprint density at radius 3 is 2.19 bits per heavy atom. The Balaban J connectivity index is 2.14. The zero-order chi connectivity index (χ0) is 11.5. The Morgan fingerprint density at radius 2 is 1.62 bits per heavy atom. The van der Waals surface area contributed by atoms with Gasteiger partial charge in [-0.05, 0) is 25.0 Å². The minimum absolute atomic E-state index is 0.518. The van der Waals surface area contributed by atoms with Crippen molar-refractivity contribution in [2.45, 2.75) is 38.1 Å². The predicted octanol–water partition coefficient (Wildman–Crippen LogP) is 5.50. The zero-order valence-electron chi connectivity index (χ0n) is 8.90. The molecule has 0 aromatic heterocycles. The first-order valence-corrected chi connectivity index (χ1v) is 7.13. The summed E-state index contributed by atoms with van der Waals surface area (Å²) in [6, 6.07) is 4.27. The van der Waals surface area contributed by atoms with Gasteiger partial charge < -0.3 is 5.32 Å². The van der Waals surface area contributed by atoms with Gasteiger partial charge in [0.15, 0.2) is 0 Å². The molecule has 0 radical (unpaired) electrons. The van der Waals surface area contributed by atoms with E-state index in [0.29, 0.717) is 16.1 Å². The molecule has 0 unspecified atom stereocenters. The highest BCUT2D eigenvalue weighted by Gasteiger charge is 2.16. The maximum Gasteiger partial charge on any atom is 0.0721 e. The molecule has 1 aromatic rings. The van der Waals surface area contributed by atoms with Crippen molar-refractivity contribution < 1.29 is 0 Å². The molecule has 0 saturated heterocycles. The molecule has 2 rings (SSSR count). The van der Waals surface area contributed by atoms with E-state index in [1.807, 2.05) is 12.1 Å². The Bertz CT molecular complexity index is 352. The lowest BCUT2D eigenvalue weighted by Gasteiger charge is -2.25. The van der Waals surface area contributed by atoms with Gasteiger partial charge in [-0.3, -0.25) is 0 Å². The van der Waals surface area contributed by atoms with Gasteiger partial charge in [0.2, 0.25) is 0 Å². The van der Waals surface area contributed by atoms with Crippen LogP contribution in [-0.4, -0.2) is 6.04 Å². The lowest BCUT2D eigenvalue weighted by Crippen LogP contribution is -2.22. The van der Waals surface area contributed by atoms with E-state index in [9.17, 15) is 0 Å². The zero-order valence-corrected chi connectivity index (χ0v) is 12.0. The van der Waals surface area contributed by atoms with Crippen LogP contribution in [0, 0.1) is 0 Å². The fraction of sp³-hybridized carbons (Fsp3) is 0.500. The summed E-state index contributed by atoms with van der Waals surface area (Å²) in [5.41, 5.74) is 0.874. The van der Waals surface area contributed by atoms with Crippen molar-refractivity contribution in [2.24, 2.45) is 0 Å². The van der Waals surface area contributed by atoms with Crippen molar-refractivity contribution >= 4 is 44.8 Å². The third kappa shape index (κ3) is 3.06. The first-order valence-electron chi connectivity index (χ1n) is 5.58. The van der Waals surface area contributed by atoms with Crippen LogP contribution in [0.3, 0.4) is 0 Å². The van der Waals surface area contributed by atoms with Crippen molar-refractivity contribution in [2.75, 3.05) is 5.32 Å². The minimum atomic E-state index is 0.518. The summed E-state index contributed by atoms with van der Waals surface area (Å²) in [7, 11) is 0. The molecule has 1 saturated carbocycles. The van der Waals surface area contributed by atoms with Crippen LogP contribution in [0.15, 0.2) is 16.6 Å². The summed E-state index contributed by atoms with van der Waals surface area (Å²) in [5.74, 6) is 0. The van der Waals surface area contributed by atoms with Gasteiger partial charge in [0, 0.05) is 10.5 Å². The van der Waals surface area contributed by atoms with Gasteiger partial charge in [-0.15, -0.1) is 0 Å². The average Bonchev–Trinajstić information content (AvgIpc) is 2.25. The number of anilines is 1. The van der Waals surface area contributed by atoms with E-state index >= 15 is 0 Å². The first kappa shape index (κ1) is 12.5. The number of hydrogen-bond acceptors (Lipinski definition) is 1. The van der Waals surface area contributed by atoms with E-state index in [2.05, 4.69) is 21.2 Å². The summed E-state index contributed by atoms with van der Waals surface area (Å²) >= 11 is 15.7. The highest BCUT2D eigenvalue weighted by molar-refractivity contribution is 9.10. The molecule has 1 nitrogen and oxygen atoms in total. The van der Waals surface area contributed by atoms with Crippen LogP contribution >= 0.6 is 39.1 Å². The summed E-state index contributed by atoms with van der Waals surface area (Å²) in [4.78, 5) is 0. The Hall–Kier alpha value is 0.0800. The van der Waals surface area contributed by atoms with Gasteiger partial charge in [0.25, 0.3) is 0 Å². The van der Waals surface area contributed by atoms with Crippen LogP contribution in [0.1, 0.15) is 32.1 Å². The average molecular weight is 323 g/mol. The maximum absolute atomic E-state index is 6.18. The van der Waals surface area contributed by atoms with Crippen LogP contribution in [0.5, 0.6) is 0 Å². The SMILES string of the molecule is Clc1cc(Br)cc(Cl)c1NC1CCCCC1. The number of rotatable bonds is 2. The summed E-state index contributed by atoms with van der Waals surface area (Å²) in [6.07, 6.45) is 6.36. The Kier molecular flexibility index (Phi) is 4.40. The van der Waals surface area contributed by atoms with Gasteiger partial charge in [-0.1, -0.05) is 58.4 Å². The number of halogens is 3. The van der Waals surface area contributed by atoms with Gasteiger partial charge in [0.05, 0.1) is 15.7 Å². The molecule has 88 valence electrons. The maximum atomic E-state index is 6.18. The summed E-state index contributed by atoms with van der Waals surface area (Å²) < 4.78 is 0.914. The van der Waals surface area contributed by atoms with Crippen molar-refractivity contribution in [3.05, 3.63) is 26.7 Å². The van der Waals surface area contributed by atoms with Crippen LogP contribution in [0.4, 0.5) is 5.69 Å². The topological polar surface area (TPSA) is 12.0 Å². The molecule has 1 aliphatic rings. The smallest absolute Gasteiger partial charge is 0.0721 e. The van der Waals surface area contributed by atoms with E-state index < -0.39 is 0 Å². The van der Waals surface area contributed by atoms with Crippen LogP contribution in [-0.2, 0) is 0 Å². The van der Waals surface area contributed by atoms with Crippen molar-refractivity contribution in [1.82, 2.24) is 0 Å². The predicted molar refractivity (Wildman–Crippen MR) is 74.7 cm³/mol. The van der Waals surface area contributed by atoms with Crippen LogP contribution in [0.2, 0.25) is 10.0 Å². The molecule has 0 atom stereocenters. The third-order valence-corrected chi connectivity index (χ3v) is 4.01. The Morgan fingerprint density at radius 1 is 1.06 bits per heavy atom. The minimum Gasteiger partial charge on any atom is -0.380 e. The van der Waals surface area contributed by atoms with Gasteiger partial charge >= 0.3 is 0 Å². The van der Waals surface area contributed by atoms with E-state index in [1.165, 1.54) is 32.1 Å². The molecule has 1 aliphatic carbocycles. The molecule has 0 aliphatic heterocycles. The van der Waals surface area contributed by atoms with E-state index in [4.69, 9.17) is 23.2 Å². The summed E-state index contributed by atoms with van der Waals surface area (Å²) in [5, 5.41) is 4.83. The van der Waals surface area contributed by atoms with Gasteiger partial charge in [-0.25, -0.2) is 0 Å². The molecule has 0 bridgehead atoms. The number of benzene rings is 1. The fourth-order valence-corrected chi connectivity index (χ4v) is 3.45. The van der Waals surface area contributed by atoms with Crippen molar-refractivity contribution in [1.29, 1.82) is 0 Å². The molecule has 16 heavy (non-hydrogen) atoms. The lowest BCUT2D eigenvalue weighted by atomic mass is 9.95. The van der Waals surface area contributed by atoms with Crippen molar-refractivity contribution in [3.8, 4) is 0 Å². The third-order valence-electron chi connectivity index (χ3n) is 2.96. The molecular weight excluding hydrogens is 309 g/mol. The molecule has 1 N–H and O–H groups in total. The van der Waals surface area contributed by atoms with Gasteiger partial charge in [0.1, 0.15) is 0 Å². The molecule has 0 spiro atoms. The van der Waals surface area contributed by atoms with E-state index in [1.54, 1.807) is 0 Å². The summed E-state index contributed by atoms with van der Waals surface area (Å²) in [6.45, 7) is 0. The largest absolute Gasteiger partial charge is 0.380 e. The number of hydrogen-bond donors (Lipinski definition) is 1. The second-order valence-corrected chi connectivity index (χ2v) is 5.95. The van der Waals surface area contributed by atoms with Crippen LogP contribution < -0.4 is 5.32 Å². The first-order chi connectivity index (χ1) is 7.66. The molecule has 4 heteroatoms. The molecule has 0 amide bonds. The quantitative estimate of drug-likeness (QED) is 0.758. The lowest BCUT2D eigenvalue weighted by molar-refractivity contribution is 0.463. The Labute approximate surface area is 115 Å². The highest BCUT2D eigenvalue weighted by Crippen LogP contribution is 2.35. The second kappa shape index (κ2) is 5.61. The normalized spacial score (nSPS) is 17.4.